The van der Waals surface area contributed by atoms with Crippen molar-refractivity contribution in [1.29, 1.82) is 0 Å². The van der Waals surface area contributed by atoms with E-state index in [4.69, 9.17) is 9.84 Å². The minimum atomic E-state index is 0.269. The van der Waals surface area contributed by atoms with Gasteiger partial charge in [0.25, 0.3) is 0 Å². The first-order valence-electron chi connectivity index (χ1n) is 9.93. The Kier molecular flexibility index (Phi) is 3.16. The molecule has 2 aromatic rings. The molecule has 0 amide bonds. The fraction of sp³-hybridized carbons (Fsp3) is 0.636. The number of aromatic nitrogens is 3. The maximum atomic E-state index is 6.43. The van der Waals surface area contributed by atoms with Crippen LogP contribution in [0.15, 0.2) is 18.5 Å². The third-order valence-electron chi connectivity index (χ3n) is 8.06. The minimum Gasteiger partial charge on any atom is -0.363 e. The van der Waals surface area contributed by atoms with Crippen molar-refractivity contribution in [1.82, 2.24) is 9.78 Å². The van der Waals surface area contributed by atoms with E-state index >= 15 is 0 Å². The number of hydrogen-bond acceptors (Lipinski definition) is 2. The molecule has 0 saturated heterocycles. The van der Waals surface area contributed by atoms with Crippen molar-refractivity contribution in [2.24, 2.45) is 16.7 Å². The van der Waals surface area contributed by atoms with Crippen LogP contribution < -0.4 is 4.57 Å². The van der Waals surface area contributed by atoms with Crippen LogP contribution in [0.5, 0.6) is 0 Å². The summed E-state index contributed by atoms with van der Waals surface area (Å²) < 4.78 is 11.0. The number of aryl methyl sites for hydroxylation is 3. The Hall–Kier alpha value is -1.68. The third kappa shape index (κ3) is 1.84. The summed E-state index contributed by atoms with van der Waals surface area (Å²) in [6.07, 6.45) is 5.13. The number of hydrogen-bond donors (Lipinski definition) is 0. The summed E-state index contributed by atoms with van der Waals surface area (Å²) in [5.41, 5.74) is 5.66. The first-order valence-corrected chi connectivity index (χ1v) is 9.93. The van der Waals surface area contributed by atoms with Gasteiger partial charge in [0.15, 0.2) is 0 Å². The molecule has 4 heteroatoms. The quantitative estimate of drug-likeness (QED) is 0.727. The molecule has 2 heterocycles. The van der Waals surface area contributed by atoms with Crippen LogP contribution in [-0.4, -0.2) is 15.9 Å². The highest BCUT2D eigenvalue weighted by atomic mass is 16.5. The van der Waals surface area contributed by atoms with Crippen LogP contribution in [0.25, 0.3) is 5.69 Å². The Morgan fingerprint density at radius 3 is 2.54 bits per heavy atom. The lowest BCUT2D eigenvalue weighted by molar-refractivity contribution is -0.756. The van der Waals surface area contributed by atoms with Gasteiger partial charge in [-0.1, -0.05) is 43.1 Å². The zero-order valence-corrected chi connectivity index (χ0v) is 16.8. The molecule has 0 N–H and O–H groups in total. The number of ether oxygens (including phenoxy) is 1. The van der Waals surface area contributed by atoms with Gasteiger partial charge in [0.05, 0.1) is 6.10 Å². The molecule has 1 aromatic carbocycles. The molecule has 2 saturated carbocycles. The Balaban J connectivity index is 1.63. The van der Waals surface area contributed by atoms with E-state index < -0.39 is 0 Å². The minimum absolute atomic E-state index is 0.269. The van der Waals surface area contributed by atoms with Crippen LogP contribution in [0.2, 0.25) is 0 Å². The summed E-state index contributed by atoms with van der Waals surface area (Å²) in [6, 6.07) is 4.91. The topological polar surface area (TPSA) is 30.9 Å². The second-order valence-electron chi connectivity index (χ2n) is 9.64. The van der Waals surface area contributed by atoms with Crippen molar-refractivity contribution in [2.75, 3.05) is 0 Å². The standard InChI is InChI=1S/C22H30N3O/c1-13-9-14(2)18(15(3)10-13)25-12-24-17(23-25)11-26-20-19(24)16-7-8-22(20,6)21(16,4)5/h9-10,12,16,19-20H,7-8,11H2,1-6H3/q+1/t16?,19-,20-,22?/m0/s1. The lowest BCUT2D eigenvalue weighted by Crippen LogP contribution is -2.56. The van der Waals surface area contributed by atoms with Gasteiger partial charge in [-0.3, -0.25) is 0 Å². The van der Waals surface area contributed by atoms with E-state index in [2.05, 4.69) is 69.3 Å². The van der Waals surface area contributed by atoms with Gasteiger partial charge < -0.3 is 4.74 Å². The lowest BCUT2D eigenvalue weighted by Gasteiger charge is -2.40. The molecule has 26 heavy (non-hydrogen) atoms. The van der Waals surface area contributed by atoms with Crippen LogP contribution in [-0.2, 0) is 11.3 Å². The van der Waals surface area contributed by atoms with Crippen LogP contribution in [0.1, 0.15) is 62.2 Å². The van der Waals surface area contributed by atoms with E-state index in [-0.39, 0.29) is 5.41 Å². The normalized spacial score (nSPS) is 34.0. The van der Waals surface area contributed by atoms with Crippen molar-refractivity contribution < 1.29 is 9.30 Å². The SMILES string of the molecule is Cc1cc(C)c(-n2c[n+]3c(n2)CO[C@H]2[C@@H]3C3CCC2(C)C3(C)C)c(C)c1. The molecule has 3 aliphatic rings. The van der Waals surface area contributed by atoms with E-state index in [0.717, 1.165) is 5.82 Å². The average molecular weight is 353 g/mol. The Morgan fingerprint density at radius 2 is 1.85 bits per heavy atom. The van der Waals surface area contributed by atoms with Crippen LogP contribution in [0.3, 0.4) is 0 Å². The molecule has 4 atom stereocenters. The first-order chi connectivity index (χ1) is 12.2. The Bertz CT molecular complexity index is 889. The molecule has 1 aromatic heterocycles. The van der Waals surface area contributed by atoms with Crippen LogP contribution >= 0.6 is 0 Å². The summed E-state index contributed by atoms with van der Waals surface area (Å²) in [4.78, 5) is 0. The van der Waals surface area contributed by atoms with E-state index in [1.54, 1.807) is 0 Å². The highest BCUT2D eigenvalue weighted by Crippen LogP contribution is 2.69. The summed E-state index contributed by atoms with van der Waals surface area (Å²) in [5, 5.41) is 4.94. The highest BCUT2D eigenvalue weighted by molar-refractivity contribution is 5.48. The molecule has 0 spiro atoms. The summed E-state index contributed by atoms with van der Waals surface area (Å²) in [5.74, 6) is 1.73. The Labute approximate surface area is 156 Å². The maximum Gasteiger partial charge on any atom is 0.304 e. The monoisotopic (exact) mass is 352 g/mol. The number of nitrogens with zero attached hydrogens (tertiary/aromatic N) is 3. The van der Waals surface area contributed by atoms with E-state index in [9.17, 15) is 0 Å². The van der Waals surface area contributed by atoms with E-state index in [0.29, 0.717) is 30.1 Å². The van der Waals surface area contributed by atoms with Gasteiger partial charge >= 0.3 is 5.82 Å². The third-order valence-corrected chi connectivity index (χ3v) is 8.06. The van der Waals surface area contributed by atoms with Crippen molar-refractivity contribution in [3.05, 3.63) is 41.0 Å². The van der Waals surface area contributed by atoms with Gasteiger partial charge in [-0.05, 0) is 50.2 Å². The van der Waals surface area contributed by atoms with Crippen molar-refractivity contribution in [2.45, 2.75) is 73.1 Å². The van der Waals surface area contributed by atoms with Gasteiger partial charge in [-0.2, -0.15) is 0 Å². The average Bonchev–Trinajstić information content (AvgIpc) is 3.11. The van der Waals surface area contributed by atoms with Crippen molar-refractivity contribution >= 4 is 0 Å². The van der Waals surface area contributed by atoms with Crippen molar-refractivity contribution in [3.63, 3.8) is 0 Å². The predicted molar refractivity (Wildman–Crippen MR) is 100 cm³/mol. The summed E-state index contributed by atoms with van der Waals surface area (Å²) in [6.45, 7) is 14.5. The van der Waals surface area contributed by atoms with Gasteiger partial charge in [-0.15, -0.1) is 0 Å². The van der Waals surface area contributed by atoms with E-state index in [1.165, 1.54) is 35.2 Å². The predicted octanol–water partition coefficient (Wildman–Crippen LogP) is 3.98. The molecule has 2 aliphatic carbocycles. The highest BCUT2D eigenvalue weighted by Gasteiger charge is 2.70. The zero-order chi connectivity index (χ0) is 18.4. The summed E-state index contributed by atoms with van der Waals surface area (Å²) in [7, 11) is 0. The molecule has 138 valence electrons. The van der Waals surface area contributed by atoms with Gasteiger partial charge in [0, 0.05) is 16.4 Å². The first kappa shape index (κ1) is 16.5. The molecular weight excluding hydrogens is 322 g/mol. The molecule has 4 nitrogen and oxygen atoms in total. The second-order valence-corrected chi connectivity index (χ2v) is 9.64. The molecule has 0 radical (unpaired) electrons. The van der Waals surface area contributed by atoms with Gasteiger partial charge in [0.2, 0.25) is 6.33 Å². The fourth-order valence-electron chi connectivity index (χ4n) is 6.42. The van der Waals surface area contributed by atoms with Crippen LogP contribution in [0, 0.1) is 37.5 Å². The Morgan fingerprint density at radius 1 is 1.15 bits per heavy atom. The molecule has 2 bridgehead atoms. The number of benzene rings is 1. The molecular formula is C22H30N3O+. The number of rotatable bonds is 1. The molecule has 1 aliphatic heterocycles. The molecule has 5 rings (SSSR count). The van der Waals surface area contributed by atoms with Gasteiger partial charge in [0.1, 0.15) is 18.3 Å². The fourth-order valence-corrected chi connectivity index (χ4v) is 6.42. The zero-order valence-electron chi connectivity index (χ0n) is 16.8. The summed E-state index contributed by atoms with van der Waals surface area (Å²) >= 11 is 0. The lowest BCUT2D eigenvalue weighted by atomic mass is 9.70. The molecule has 2 unspecified atom stereocenters. The smallest absolute Gasteiger partial charge is 0.304 e. The van der Waals surface area contributed by atoms with Crippen molar-refractivity contribution in [3.8, 4) is 5.69 Å². The van der Waals surface area contributed by atoms with E-state index in [1.807, 2.05) is 0 Å². The second kappa shape index (κ2) is 4.98. The van der Waals surface area contributed by atoms with Crippen LogP contribution in [0.4, 0.5) is 0 Å². The maximum absolute atomic E-state index is 6.43. The molecule has 2 fully saturated rings. The number of fused-ring (bicyclic) bond motifs is 7. The van der Waals surface area contributed by atoms with Gasteiger partial charge in [-0.25, -0.2) is 4.57 Å². The largest absolute Gasteiger partial charge is 0.363 e.